The van der Waals surface area contributed by atoms with Gasteiger partial charge in [0.15, 0.2) is 0 Å². The topological polar surface area (TPSA) is 30.0 Å². The van der Waals surface area contributed by atoms with Crippen molar-refractivity contribution in [3.8, 4) is 0 Å². The van der Waals surface area contributed by atoms with Gasteiger partial charge in [0.2, 0.25) is 0 Å². The highest BCUT2D eigenvalue weighted by atomic mass is 32.1. The summed E-state index contributed by atoms with van der Waals surface area (Å²) < 4.78 is 0. The molecule has 0 bridgehead atoms. The van der Waals surface area contributed by atoms with Gasteiger partial charge in [-0.1, -0.05) is 6.07 Å². The van der Waals surface area contributed by atoms with Gasteiger partial charge in [0.25, 0.3) is 0 Å². The molecule has 4 heteroatoms. The van der Waals surface area contributed by atoms with Crippen molar-refractivity contribution in [3.63, 3.8) is 0 Å². The van der Waals surface area contributed by atoms with E-state index in [1.54, 1.807) is 28.9 Å². The Bertz CT molecular complexity index is 420. The van der Waals surface area contributed by atoms with Gasteiger partial charge in [-0.25, -0.2) is 4.98 Å². The second-order valence-electron chi connectivity index (χ2n) is 3.57. The minimum Gasteiger partial charge on any atom is -0.299 e. The molecule has 0 saturated carbocycles. The first-order valence-corrected chi connectivity index (χ1v) is 7.03. The predicted octanol–water partition coefficient (Wildman–Crippen LogP) is 3.34. The number of hydrogen-bond donors (Lipinski definition) is 0. The monoisotopic (exact) mass is 251 g/mol. The van der Waals surface area contributed by atoms with E-state index < -0.39 is 0 Å². The maximum absolute atomic E-state index is 11.6. The average Bonchev–Trinajstić information content (AvgIpc) is 2.90. The number of ketones is 1. The van der Waals surface area contributed by atoms with Gasteiger partial charge < -0.3 is 0 Å². The molecule has 0 fully saturated rings. The van der Waals surface area contributed by atoms with Gasteiger partial charge in [-0.3, -0.25) is 4.79 Å². The van der Waals surface area contributed by atoms with Crippen LogP contribution in [0.3, 0.4) is 0 Å². The van der Waals surface area contributed by atoms with Crippen LogP contribution in [-0.2, 0) is 17.6 Å². The summed E-state index contributed by atoms with van der Waals surface area (Å²) in [6.07, 6.45) is 4.88. The highest BCUT2D eigenvalue weighted by molar-refractivity contribution is 7.10. The van der Waals surface area contributed by atoms with Gasteiger partial charge in [0, 0.05) is 22.9 Å². The molecular formula is C12H13NOS2. The number of carbonyl (C=O) groups excluding carboxylic acids is 1. The summed E-state index contributed by atoms with van der Waals surface area (Å²) in [6, 6.07) is 4.17. The van der Waals surface area contributed by atoms with Crippen LogP contribution in [0.25, 0.3) is 0 Å². The summed E-state index contributed by atoms with van der Waals surface area (Å²) in [5.74, 6) is 0.298. The van der Waals surface area contributed by atoms with E-state index in [0.29, 0.717) is 18.6 Å². The third-order valence-electron chi connectivity index (χ3n) is 2.29. The van der Waals surface area contributed by atoms with Gasteiger partial charge in [0.05, 0.1) is 11.4 Å². The zero-order chi connectivity index (χ0) is 11.2. The van der Waals surface area contributed by atoms with Crippen LogP contribution in [0.2, 0.25) is 0 Å². The van der Waals surface area contributed by atoms with Gasteiger partial charge in [0.1, 0.15) is 5.78 Å². The van der Waals surface area contributed by atoms with Crippen molar-refractivity contribution < 1.29 is 4.79 Å². The molecule has 0 atom stereocenters. The lowest BCUT2D eigenvalue weighted by Gasteiger charge is -1.98. The molecule has 0 N–H and O–H groups in total. The average molecular weight is 251 g/mol. The first-order chi connectivity index (χ1) is 7.84. The van der Waals surface area contributed by atoms with Crippen molar-refractivity contribution >= 4 is 28.5 Å². The van der Waals surface area contributed by atoms with E-state index in [-0.39, 0.29) is 0 Å². The second-order valence-corrected chi connectivity index (χ2v) is 5.59. The van der Waals surface area contributed by atoms with E-state index in [1.807, 2.05) is 5.38 Å². The summed E-state index contributed by atoms with van der Waals surface area (Å²) >= 11 is 3.31. The van der Waals surface area contributed by atoms with Crippen molar-refractivity contribution in [2.75, 3.05) is 0 Å². The minimum atomic E-state index is 0.298. The molecule has 2 rings (SSSR count). The summed E-state index contributed by atoms with van der Waals surface area (Å²) in [4.78, 5) is 17.1. The molecule has 0 spiro atoms. The van der Waals surface area contributed by atoms with Crippen LogP contribution in [0.15, 0.2) is 29.1 Å². The van der Waals surface area contributed by atoms with Gasteiger partial charge in [-0.2, -0.15) is 0 Å². The van der Waals surface area contributed by atoms with Crippen molar-refractivity contribution in [1.29, 1.82) is 0 Å². The Morgan fingerprint density at radius 1 is 1.31 bits per heavy atom. The zero-order valence-corrected chi connectivity index (χ0v) is 10.5. The fourth-order valence-corrected chi connectivity index (χ4v) is 2.91. The molecule has 0 amide bonds. The van der Waals surface area contributed by atoms with Crippen LogP contribution in [-0.4, -0.2) is 10.8 Å². The quantitative estimate of drug-likeness (QED) is 0.788. The first kappa shape index (κ1) is 11.5. The van der Waals surface area contributed by atoms with E-state index in [2.05, 4.69) is 22.5 Å². The summed E-state index contributed by atoms with van der Waals surface area (Å²) in [7, 11) is 0. The number of aryl methyl sites for hydroxylation is 1. The van der Waals surface area contributed by atoms with Crippen LogP contribution in [0.5, 0.6) is 0 Å². The van der Waals surface area contributed by atoms with Crippen LogP contribution >= 0.6 is 22.7 Å². The van der Waals surface area contributed by atoms with Crippen LogP contribution in [0, 0.1) is 0 Å². The predicted molar refractivity (Wildman–Crippen MR) is 68.1 cm³/mol. The second kappa shape index (κ2) is 5.92. The molecule has 2 nitrogen and oxygen atoms in total. The highest BCUT2D eigenvalue weighted by Crippen LogP contribution is 2.13. The number of rotatable bonds is 6. The maximum atomic E-state index is 11.6. The SMILES string of the molecule is O=C(CCCc1cccs1)Cc1nccs1. The number of thiazole rings is 1. The Morgan fingerprint density at radius 2 is 2.25 bits per heavy atom. The van der Waals surface area contributed by atoms with Crippen molar-refractivity contribution in [1.82, 2.24) is 4.98 Å². The molecule has 2 aromatic heterocycles. The number of Topliss-reactive ketones (excluding diaryl/α,β-unsaturated/α-hetero) is 1. The van der Waals surface area contributed by atoms with Gasteiger partial charge >= 0.3 is 0 Å². The van der Waals surface area contributed by atoms with E-state index >= 15 is 0 Å². The van der Waals surface area contributed by atoms with Crippen molar-refractivity contribution in [3.05, 3.63) is 39.0 Å². The Balaban J connectivity index is 1.68. The summed E-state index contributed by atoms with van der Waals surface area (Å²) in [5.41, 5.74) is 0. The number of thiophene rings is 1. The molecule has 0 aliphatic rings. The highest BCUT2D eigenvalue weighted by Gasteiger charge is 2.05. The number of nitrogens with zero attached hydrogens (tertiary/aromatic N) is 1. The van der Waals surface area contributed by atoms with E-state index in [1.165, 1.54) is 4.88 Å². The van der Waals surface area contributed by atoms with Crippen LogP contribution in [0.4, 0.5) is 0 Å². The number of carbonyl (C=O) groups is 1. The summed E-state index contributed by atoms with van der Waals surface area (Å²) in [5, 5.41) is 4.92. The Hall–Kier alpha value is -1.00. The molecule has 0 radical (unpaired) electrons. The molecule has 2 heterocycles. The lowest BCUT2D eigenvalue weighted by atomic mass is 10.1. The Kier molecular flexibility index (Phi) is 4.25. The van der Waals surface area contributed by atoms with Crippen LogP contribution < -0.4 is 0 Å². The van der Waals surface area contributed by atoms with Crippen LogP contribution in [0.1, 0.15) is 22.7 Å². The molecule has 84 valence electrons. The van der Waals surface area contributed by atoms with E-state index in [0.717, 1.165) is 17.8 Å². The smallest absolute Gasteiger partial charge is 0.139 e. The standard InChI is InChI=1S/C12H13NOS2/c14-10(9-12-13-6-8-16-12)3-1-4-11-5-2-7-15-11/h2,5-8H,1,3-4,9H2. The van der Waals surface area contributed by atoms with Crippen molar-refractivity contribution in [2.45, 2.75) is 25.7 Å². The zero-order valence-electron chi connectivity index (χ0n) is 8.89. The fourth-order valence-electron chi connectivity index (χ4n) is 1.51. The molecule has 16 heavy (non-hydrogen) atoms. The number of hydrogen-bond acceptors (Lipinski definition) is 4. The lowest BCUT2D eigenvalue weighted by Crippen LogP contribution is -2.02. The molecule has 0 saturated heterocycles. The van der Waals surface area contributed by atoms with E-state index in [4.69, 9.17) is 0 Å². The molecular weight excluding hydrogens is 238 g/mol. The Labute approximate surface area is 103 Å². The van der Waals surface area contributed by atoms with Gasteiger partial charge in [-0.15, -0.1) is 22.7 Å². The minimum absolute atomic E-state index is 0.298. The Morgan fingerprint density at radius 3 is 2.94 bits per heavy atom. The largest absolute Gasteiger partial charge is 0.299 e. The van der Waals surface area contributed by atoms with E-state index in [9.17, 15) is 4.79 Å². The molecule has 0 aliphatic carbocycles. The summed E-state index contributed by atoms with van der Waals surface area (Å²) in [6.45, 7) is 0. The normalized spacial score (nSPS) is 10.5. The third kappa shape index (κ3) is 3.54. The lowest BCUT2D eigenvalue weighted by molar-refractivity contribution is -0.118. The van der Waals surface area contributed by atoms with Crippen molar-refractivity contribution in [2.24, 2.45) is 0 Å². The third-order valence-corrected chi connectivity index (χ3v) is 4.01. The van der Waals surface area contributed by atoms with Gasteiger partial charge in [-0.05, 0) is 24.3 Å². The molecule has 0 unspecified atom stereocenters. The number of aromatic nitrogens is 1. The first-order valence-electron chi connectivity index (χ1n) is 5.27. The molecule has 0 aromatic carbocycles. The molecule has 0 aliphatic heterocycles. The maximum Gasteiger partial charge on any atom is 0.139 e. The molecule has 2 aromatic rings. The fraction of sp³-hybridized carbons (Fsp3) is 0.333.